The highest BCUT2D eigenvalue weighted by molar-refractivity contribution is 7.99. The van der Waals surface area contributed by atoms with Gasteiger partial charge in [0, 0.05) is 28.0 Å². The molecule has 25 heavy (non-hydrogen) atoms. The maximum absolute atomic E-state index is 9.55. The van der Waals surface area contributed by atoms with E-state index in [1.807, 2.05) is 13.0 Å². The molecular formula is C19H21NO4S. The van der Waals surface area contributed by atoms with Gasteiger partial charge in [-0.3, -0.25) is 0 Å². The lowest BCUT2D eigenvalue weighted by Crippen LogP contribution is -2.18. The number of hydrogen-bond acceptors (Lipinski definition) is 4. The third-order valence-electron chi connectivity index (χ3n) is 2.85. The van der Waals surface area contributed by atoms with E-state index in [1.54, 1.807) is 11.8 Å². The van der Waals surface area contributed by atoms with E-state index < -0.39 is 11.9 Å². The maximum Gasteiger partial charge on any atom is 0.328 e. The zero-order valence-corrected chi connectivity index (χ0v) is 14.6. The van der Waals surface area contributed by atoms with Gasteiger partial charge in [0.25, 0.3) is 0 Å². The summed E-state index contributed by atoms with van der Waals surface area (Å²) >= 11 is 1.80. The Morgan fingerprint density at radius 2 is 1.52 bits per heavy atom. The van der Waals surface area contributed by atoms with E-state index in [2.05, 4.69) is 48.5 Å². The molecular weight excluding hydrogens is 338 g/mol. The molecule has 0 radical (unpaired) electrons. The summed E-state index contributed by atoms with van der Waals surface area (Å²) in [5, 5.41) is 15.6. The van der Waals surface area contributed by atoms with Crippen LogP contribution in [0, 0.1) is 0 Å². The molecule has 0 amide bonds. The molecule has 0 aliphatic rings. The van der Waals surface area contributed by atoms with Crippen LogP contribution in [0.5, 0.6) is 0 Å². The number of benzene rings is 2. The second-order valence-corrected chi connectivity index (χ2v) is 6.33. The smallest absolute Gasteiger partial charge is 0.328 e. The SMILES string of the molecule is CC(N)Cc1ccccc1Sc1ccccc1.O=C(O)C=CC(=O)O. The second-order valence-electron chi connectivity index (χ2n) is 5.21. The van der Waals surface area contributed by atoms with Crippen LogP contribution in [-0.2, 0) is 16.0 Å². The molecule has 2 aromatic carbocycles. The number of nitrogens with two attached hydrogens (primary N) is 1. The average Bonchev–Trinajstić information content (AvgIpc) is 2.56. The van der Waals surface area contributed by atoms with E-state index >= 15 is 0 Å². The van der Waals surface area contributed by atoms with Gasteiger partial charge in [-0.05, 0) is 37.1 Å². The molecule has 0 bridgehead atoms. The first-order valence-electron chi connectivity index (χ1n) is 7.58. The van der Waals surface area contributed by atoms with Crippen molar-refractivity contribution in [3.63, 3.8) is 0 Å². The Morgan fingerprint density at radius 3 is 2.04 bits per heavy atom. The standard InChI is InChI=1S/C15H17NS.C4H4O4/c1-12(16)11-13-7-5-6-10-15(13)17-14-8-3-2-4-9-14;5-3(6)1-2-4(7)8/h2-10,12H,11,16H2,1H3;1-2H,(H,5,6)(H,7,8). The predicted molar refractivity (Wildman–Crippen MR) is 98.8 cm³/mol. The highest BCUT2D eigenvalue weighted by Gasteiger charge is 2.05. The van der Waals surface area contributed by atoms with Crippen molar-refractivity contribution in [2.75, 3.05) is 0 Å². The van der Waals surface area contributed by atoms with Gasteiger partial charge in [-0.2, -0.15) is 0 Å². The van der Waals surface area contributed by atoms with Gasteiger partial charge in [0.1, 0.15) is 0 Å². The number of aliphatic carboxylic acids is 2. The number of hydrogen-bond donors (Lipinski definition) is 3. The van der Waals surface area contributed by atoms with Gasteiger partial charge < -0.3 is 15.9 Å². The minimum absolute atomic E-state index is 0.201. The second kappa shape index (κ2) is 11.1. The quantitative estimate of drug-likeness (QED) is 0.683. The lowest BCUT2D eigenvalue weighted by molar-refractivity contribution is -0.134. The summed E-state index contributed by atoms with van der Waals surface area (Å²) in [6.07, 6.45) is 2.04. The first-order valence-corrected chi connectivity index (χ1v) is 8.40. The monoisotopic (exact) mass is 359 g/mol. The van der Waals surface area contributed by atoms with Crippen LogP contribution in [0.25, 0.3) is 0 Å². The van der Waals surface area contributed by atoms with Gasteiger partial charge in [0.2, 0.25) is 0 Å². The van der Waals surface area contributed by atoms with Crippen LogP contribution in [0.1, 0.15) is 12.5 Å². The molecule has 0 saturated heterocycles. The van der Waals surface area contributed by atoms with Crippen molar-refractivity contribution < 1.29 is 19.8 Å². The highest BCUT2D eigenvalue weighted by atomic mass is 32.2. The van der Waals surface area contributed by atoms with Crippen LogP contribution in [0.2, 0.25) is 0 Å². The van der Waals surface area contributed by atoms with Crippen LogP contribution < -0.4 is 5.73 Å². The summed E-state index contributed by atoms with van der Waals surface area (Å²) in [5.41, 5.74) is 7.21. The van der Waals surface area contributed by atoms with Crippen LogP contribution in [0.3, 0.4) is 0 Å². The lowest BCUT2D eigenvalue weighted by atomic mass is 10.1. The summed E-state index contributed by atoms with van der Waals surface area (Å²) < 4.78 is 0. The molecule has 2 rings (SSSR count). The number of carboxylic acids is 2. The van der Waals surface area contributed by atoms with Crippen molar-refractivity contribution in [3.8, 4) is 0 Å². The van der Waals surface area contributed by atoms with E-state index in [1.165, 1.54) is 15.4 Å². The Labute approximate surface area is 151 Å². The maximum atomic E-state index is 9.55. The molecule has 0 fully saturated rings. The Hall–Kier alpha value is -2.57. The predicted octanol–water partition coefficient (Wildman–Crippen LogP) is 3.44. The fourth-order valence-electron chi connectivity index (χ4n) is 1.88. The summed E-state index contributed by atoms with van der Waals surface area (Å²) in [4.78, 5) is 21.7. The molecule has 0 spiro atoms. The minimum Gasteiger partial charge on any atom is -0.478 e. The van der Waals surface area contributed by atoms with Crippen LogP contribution in [-0.4, -0.2) is 28.2 Å². The lowest BCUT2D eigenvalue weighted by Gasteiger charge is -2.11. The third kappa shape index (κ3) is 9.34. The molecule has 5 nitrogen and oxygen atoms in total. The molecule has 1 unspecified atom stereocenters. The molecule has 4 N–H and O–H groups in total. The van der Waals surface area contributed by atoms with Gasteiger partial charge in [-0.1, -0.05) is 48.2 Å². The first-order chi connectivity index (χ1) is 11.9. The van der Waals surface area contributed by atoms with Crippen molar-refractivity contribution >= 4 is 23.7 Å². The summed E-state index contributed by atoms with van der Waals surface area (Å²) in [7, 11) is 0. The van der Waals surface area contributed by atoms with E-state index in [4.69, 9.17) is 15.9 Å². The number of rotatable bonds is 6. The minimum atomic E-state index is -1.26. The van der Waals surface area contributed by atoms with E-state index in [0.717, 1.165) is 6.42 Å². The third-order valence-corrected chi connectivity index (χ3v) is 3.98. The highest BCUT2D eigenvalue weighted by Crippen LogP contribution is 2.30. The molecule has 0 aliphatic heterocycles. The van der Waals surface area contributed by atoms with Gasteiger partial charge in [0.05, 0.1) is 0 Å². The Morgan fingerprint density at radius 1 is 1.00 bits per heavy atom. The fourth-order valence-corrected chi connectivity index (χ4v) is 2.85. The fraction of sp³-hybridized carbons (Fsp3) is 0.158. The van der Waals surface area contributed by atoms with E-state index in [-0.39, 0.29) is 6.04 Å². The Kier molecular flexibility index (Phi) is 9.06. The zero-order chi connectivity index (χ0) is 18.7. The largest absolute Gasteiger partial charge is 0.478 e. The molecule has 0 aliphatic carbocycles. The van der Waals surface area contributed by atoms with E-state index in [0.29, 0.717) is 12.2 Å². The zero-order valence-electron chi connectivity index (χ0n) is 13.8. The molecule has 0 aromatic heterocycles. The van der Waals surface area contributed by atoms with Gasteiger partial charge in [-0.15, -0.1) is 0 Å². The van der Waals surface area contributed by atoms with Gasteiger partial charge in [-0.25, -0.2) is 9.59 Å². The van der Waals surface area contributed by atoms with Crippen molar-refractivity contribution in [2.45, 2.75) is 29.2 Å². The molecule has 0 heterocycles. The number of carboxylic acid groups (broad SMARTS) is 2. The molecule has 0 saturated carbocycles. The molecule has 132 valence electrons. The summed E-state index contributed by atoms with van der Waals surface area (Å²) in [6, 6.07) is 19.1. The normalized spacial score (nSPS) is 11.4. The molecule has 1 atom stereocenters. The molecule has 6 heteroatoms. The van der Waals surface area contributed by atoms with Crippen LogP contribution in [0.15, 0.2) is 76.5 Å². The molecule has 2 aromatic rings. The van der Waals surface area contributed by atoms with Gasteiger partial charge >= 0.3 is 11.9 Å². The van der Waals surface area contributed by atoms with Gasteiger partial charge in [0.15, 0.2) is 0 Å². The van der Waals surface area contributed by atoms with Crippen molar-refractivity contribution in [3.05, 3.63) is 72.3 Å². The van der Waals surface area contributed by atoms with E-state index in [9.17, 15) is 9.59 Å². The van der Waals surface area contributed by atoms with Crippen molar-refractivity contribution in [2.24, 2.45) is 5.73 Å². The average molecular weight is 359 g/mol. The van der Waals surface area contributed by atoms with Crippen LogP contribution in [0.4, 0.5) is 0 Å². The Balaban J connectivity index is 0.000000333. The summed E-state index contributed by atoms with van der Waals surface area (Å²) in [5.74, 6) is -2.51. The number of carbonyl (C=O) groups is 2. The first kappa shape index (κ1) is 20.5. The topological polar surface area (TPSA) is 101 Å². The van der Waals surface area contributed by atoms with Crippen molar-refractivity contribution in [1.82, 2.24) is 0 Å². The van der Waals surface area contributed by atoms with Crippen LogP contribution >= 0.6 is 11.8 Å². The summed E-state index contributed by atoms with van der Waals surface area (Å²) in [6.45, 7) is 2.05. The van der Waals surface area contributed by atoms with Crippen molar-refractivity contribution in [1.29, 1.82) is 0 Å². The Bertz CT molecular complexity index is 698.